The summed E-state index contributed by atoms with van der Waals surface area (Å²) in [4.78, 5) is 14.5. The fraction of sp³-hybridized carbons (Fsp3) is 0.385. The quantitative estimate of drug-likeness (QED) is 0.574. The van der Waals surface area contributed by atoms with Crippen LogP contribution in [0.25, 0.3) is 0 Å². The largest absolute Gasteiger partial charge is 0.330 e. The van der Waals surface area contributed by atoms with E-state index < -0.39 is 0 Å². The zero-order valence-electron chi connectivity index (χ0n) is 9.93. The lowest BCUT2D eigenvalue weighted by atomic mass is 10.4. The highest BCUT2D eigenvalue weighted by Crippen LogP contribution is 2.17. The number of nitrogens with zero attached hydrogens (tertiary/aromatic N) is 2. The van der Waals surface area contributed by atoms with E-state index in [1.54, 1.807) is 16.7 Å². The number of hydrogen-bond donors (Lipinski definition) is 0. The van der Waals surface area contributed by atoms with Crippen LogP contribution in [0.3, 0.4) is 0 Å². The van der Waals surface area contributed by atoms with E-state index in [1.807, 2.05) is 43.3 Å². The molecule has 0 spiro atoms. The van der Waals surface area contributed by atoms with Crippen molar-refractivity contribution < 1.29 is 4.79 Å². The molecule has 4 heteroatoms. The van der Waals surface area contributed by atoms with Gasteiger partial charge < -0.3 is 4.90 Å². The smallest absolute Gasteiger partial charge is 0.224 e. The monoisotopic (exact) mass is 248 g/mol. The van der Waals surface area contributed by atoms with Gasteiger partial charge in [0.05, 0.1) is 6.07 Å². The van der Waals surface area contributed by atoms with Gasteiger partial charge in [-0.1, -0.05) is 18.2 Å². The number of carbonyl (C=O) groups is 1. The van der Waals surface area contributed by atoms with Gasteiger partial charge in [-0.25, -0.2) is 0 Å². The molecule has 1 amide bonds. The molecule has 0 bridgehead atoms. The van der Waals surface area contributed by atoms with Crippen LogP contribution in [0.2, 0.25) is 0 Å². The fourth-order valence-electron chi connectivity index (χ4n) is 1.39. The molecule has 0 saturated heterocycles. The molecule has 0 aliphatic carbocycles. The molecule has 0 unspecified atom stereocenters. The van der Waals surface area contributed by atoms with E-state index in [1.165, 1.54) is 4.90 Å². The third-order valence-corrected chi connectivity index (χ3v) is 3.34. The van der Waals surface area contributed by atoms with Gasteiger partial charge in [0.2, 0.25) is 5.91 Å². The summed E-state index contributed by atoms with van der Waals surface area (Å²) >= 11 is 1.66. The van der Waals surface area contributed by atoms with Crippen LogP contribution in [0, 0.1) is 11.3 Å². The Bertz CT molecular complexity index is 386. The summed E-state index contributed by atoms with van der Waals surface area (Å²) in [7, 11) is 0. The molecule has 17 heavy (non-hydrogen) atoms. The molecule has 0 aliphatic rings. The Balaban J connectivity index is 2.31. The lowest BCUT2D eigenvalue weighted by Gasteiger charge is -2.16. The lowest BCUT2D eigenvalue weighted by molar-refractivity contribution is -0.129. The van der Waals surface area contributed by atoms with Crippen LogP contribution < -0.4 is 0 Å². The van der Waals surface area contributed by atoms with Crippen molar-refractivity contribution in [1.29, 1.82) is 5.26 Å². The van der Waals surface area contributed by atoms with Crippen LogP contribution in [-0.2, 0) is 4.79 Å². The first-order valence-corrected chi connectivity index (χ1v) is 6.59. The van der Waals surface area contributed by atoms with Gasteiger partial charge in [0, 0.05) is 23.6 Å². The van der Waals surface area contributed by atoms with Crippen LogP contribution in [0.1, 0.15) is 13.3 Å². The Morgan fingerprint density at radius 1 is 1.41 bits per heavy atom. The zero-order chi connectivity index (χ0) is 12.5. The number of benzene rings is 1. The molecule has 0 heterocycles. The van der Waals surface area contributed by atoms with E-state index in [9.17, 15) is 4.79 Å². The average Bonchev–Trinajstić information content (AvgIpc) is 2.37. The summed E-state index contributed by atoms with van der Waals surface area (Å²) in [6, 6.07) is 12.0. The van der Waals surface area contributed by atoms with Gasteiger partial charge in [0.1, 0.15) is 6.54 Å². The highest BCUT2D eigenvalue weighted by atomic mass is 32.2. The summed E-state index contributed by atoms with van der Waals surface area (Å²) < 4.78 is 0. The highest BCUT2D eigenvalue weighted by Gasteiger charge is 2.10. The minimum absolute atomic E-state index is 0.0532. The standard InChI is InChI=1S/C13H16N2OS/c1-2-15(10-9-14)13(16)8-11-17-12-6-4-3-5-7-12/h3-7H,2,8,10-11H2,1H3. The van der Waals surface area contributed by atoms with Crippen LogP contribution in [0.4, 0.5) is 0 Å². The second-order valence-electron chi connectivity index (χ2n) is 3.48. The Morgan fingerprint density at radius 3 is 2.71 bits per heavy atom. The first-order chi connectivity index (χ1) is 8.27. The van der Waals surface area contributed by atoms with Crippen molar-refractivity contribution in [2.24, 2.45) is 0 Å². The van der Waals surface area contributed by atoms with Gasteiger partial charge >= 0.3 is 0 Å². The molecular formula is C13H16N2OS. The lowest BCUT2D eigenvalue weighted by Crippen LogP contribution is -2.31. The maximum Gasteiger partial charge on any atom is 0.224 e. The minimum atomic E-state index is 0.0532. The first kappa shape index (κ1) is 13.6. The molecule has 0 fully saturated rings. The van der Waals surface area contributed by atoms with E-state index in [4.69, 9.17) is 5.26 Å². The second-order valence-corrected chi connectivity index (χ2v) is 4.65. The number of carbonyl (C=O) groups excluding carboxylic acids is 1. The Labute approximate surface area is 106 Å². The molecule has 0 N–H and O–H groups in total. The molecule has 0 saturated carbocycles. The fourth-order valence-corrected chi connectivity index (χ4v) is 2.25. The minimum Gasteiger partial charge on any atom is -0.330 e. The molecule has 1 rings (SSSR count). The first-order valence-electron chi connectivity index (χ1n) is 5.60. The predicted molar refractivity (Wildman–Crippen MR) is 69.7 cm³/mol. The van der Waals surface area contributed by atoms with Gasteiger partial charge in [0.25, 0.3) is 0 Å². The average molecular weight is 248 g/mol. The summed E-state index contributed by atoms with van der Waals surface area (Å²) in [6.45, 7) is 2.67. The molecule has 3 nitrogen and oxygen atoms in total. The van der Waals surface area contributed by atoms with Crippen molar-refractivity contribution in [3.05, 3.63) is 30.3 Å². The van der Waals surface area contributed by atoms with Gasteiger partial charge in [0.15, 0.2) is 0 Å². The van der Waals surface area contributed by atoms with Crippen LogP contribution in [0.5, 0.6) is 0 Å². The highest BCUT2D eigenvalue weighted by molar-refractivity contribution is 7.99. The van der Waals surface area contributed by atoms with Gasteiger partial charge in [-0.3, -0.25) is 4.79 Å². The maximum absolute atomic E-state index is 11.7. The van der Waals surface area contributed by atoms with Crippen molar-refractivity contribution >= 4 is 17.7 Å². The summed E-state index contributed by atoms with van der Waals surface area (Å²) in [5, 5.41) is 8.57. The number of hydrogen-bond acceptors (Lipinski definition) is 3. The van der Waals surface area contributed by atoms with Gasteiger partial charge in [-0.2, -0.15) is 5.26 Å². The summed E-state index contributed by atoms with van der Waals surface area (Å²) in [5.74, 6) is 0.808. The zero-order valence-corrected chi connectivity index (χ0v) is 10.7. The molecule has 0 aliphatic heterocycles. The number of amides is 1. The summed E-state index contributed by atoms with van der Waals surface area (Å²) in [6.07, 6.45) is 0.481. The van der Waals surface area contributed by atoms with Crippen LogP contribution in [-0.4, -0.2) is 29.6 Å². The van der Waals surface area contributed by atoms with Gasteiger partial charge in [-0.05, 0) is 19.1 Å². The number of rotatable bonds is 6. The molecule has 1 aromatic carbocycles. The van der Waals surface area contributed by atoms with Crippen molar-refractivity contribution in [3.63, 3.8) is 0 Å². The molecule has 0 atom stereocenters. The predicted octanol–water partition coefficient (Wildman–Crippen LogP) is 2.54. The van der Waals surface area contributed by atoms with E-state index in [2.05, 4.69) is 0 Å². The van der Waals surface area contributed by atoms with Crippen molar-refractivity contribution in [1.82, 2.24) is 4.90 Å². The Hall–Kier alpha value is -1.47. The molecule has 90 valence electrons. The van der Waals surface area contributed by atoms with Crippen molar-refractivity contribution in [2.45, 2.75) is 18.2 Å². The van der Waals surface area contributed by atoms with E-state index in [0.29, 0.717) is 13.0 Å². The van der Waals surface area contributed by atoms with E-state index in [-0.39, 0.29) is 12.5 Å². The molecule has 0 aromatic heterocycles. The van der Waals surface area contributed by atoms with Crippen LogP contribution in [0.15, 0.2) is 35.2 Å². The topological polar surface area (TPSA) is 44.1 Å². The summed E-state index contributed by atoms with van der Waals surface area (Å²) in [5.41, 5.74) is 0. The van der Waals surface area contributed by atoms with Crippen molar-refractivity contribution in [3.8, 4) is 6.07 Å². The van der Waals surface area contributed by atoms with Gasteiger partial charge in [-0.15, -0.1) is 11.8 Å². The molecular weight excluding hydrogens is 232 g/mol. The van der Waals surface area contributed by atoms with E-state index >= 15 is 0 Å². The second kappa shape index (κ2) is 7.75. The number of thioether (sulfide) groups is 1. The molecule has 1 aromatic rings. The van der Waals surface area contributed by atoms with Crippen molar-refractivity contribution in [2.75, 3.05) is 18.8 Å². The SMILES string of the molecule is CCN(CC#N)C(=O)CCSc1ccccc1. The Kier molecular flexibility index (Phi) is 6.19. The van der Waals surface area contributed by atoms with Crippen LogP contribution >= 0.6 is 11.8 Å². The molecule has 0 radical (unpaired) electrons. The third kappa shape index (κ3) is 4.92. The normalized spacial score (nSPS) is 9.65. The Morgan fingerprint density at radius 2 is 2.12 bits per heavy atom. The third-order valence-electron chi connectivity index (χ3n) is 2.32. The maximum atomic E-state index is 11.7. The van der Waals surface area contributed by atoms with E-state index in [0.717, 1.165) is 5.75 Å². The number of nitriles is 1.